The first-order chi connectivity index (χ1) is 10.9. The van der Waals surface area contributed by atoms with E-state index in [1.165, 1.54) is 11.3 Å². The monoisotopic (exact) mass is 331 g/mol. The molecule has 3 aromatic rings. The van der Waals surface area contributed by atoms with Gasteiger partial charge in [0.25, 0.3) is 0 Å². The van der Waals surface area contributed by atoms with Crippen LogP contribution in [0.1, 0.15) is 35.8 Å². The molecule has 0 atom stereocenters. The summed E-state index contributed by atoms with van der Waals surface area (Å²) in [6.07, 6.45) is 1.60. The molecule has 0 unspecified atom stereocenters. The standard InChI is InChI=1S/C16H17N3O3S/c1-9(2)19-13(7-8-17-19)22-15(20)11-5-6-12-14(10(11)3)18(4)16(21)23-12/h5-9H,1-4H3. The van der Waals surface area contributed by atoms with Crippen molar-refractivity contribution >= 4 is 27.5 Å². The van der Waals surface area contributed by atoms with Crippen LogP contribution in [-0.4, -0.2) is 20.3 Å². The molecule has 120 valence electrons. The predicted octanol–water partition coefficient (Wildman–Crippen LogP) is 2.91. The van der Waals surface area contributed by atoms with Gasteiger partial charge in [-0.25, -0.2) is 9.48 Å². The summed E-state index contributed by atoms with van der Waals surface area (Å²) in [4.78, 5) is 24.3. The molecule has 2 aromatic heterocycles. The molecule has 0 saturated carbocycles. The summed E-state index contributed by atoms with van der Waals surface area (Å²) >= 11 is 1.17. The molecule has 0 radical (unpaired) electrons. The summed E-state index contributed by atoms with van der Waals surface area (Å²) in [5, 5.41) is 4.15. The van der Waals surface area contributed by atoms with Gasteiger partial charge < -0.3 is 9.30 Å². The lowest BCUT2D eigenvalue weighted by Crippen LogP contribution is -2.15. The molecule has 0 aliphatic rings. The van der Waals surface area contributed by atoms with Crippen LogP contribution < -0.4 is 9.61 Å². The van der Waals surface area contributed by atoms with Crippen LogP contribution in [0.4, 0.5) is 0 Å². The minimum atomic E-state index is -0.453. The Kier molecular flexibility index (Phi) is 3.81. The predicted molar refractivity (Wildman–Crippen MR) is 89.4 cm³/mol. The number of carbonyl (C=O) groups is 1. The zero-order valence-electron chi connectivity index (χ0n) is 13.4. The molecule has 23 heavy (non-hydrogen) atoms. The van der Waals surface area contributed by atoms with E-state index < -0.39 is 5.97 Å². The third kappa shape index (κ3) is 2.57. The van der Waals surface area contributed by atoms with Crippen molar-refractivity contribution in [2.45, 2.75) is 26.8 Å². The topological polar surface area (TPSA) is 66.1 Å². The maximum Gasteiger partial charge on any atom is 0.345 e. The van der Waals surface area contributed by atoms with Crippen molar-refractivity contribution in [3.05, 3.63) is 45.2 Å². The van der Waals surface area contributed by atoms with Crippen LogP contribution in [0.2, 0.25) is 0 Å². The minimum absolute atomic E-state index is 0.0495. The van der Waals surface area contributed by atoms with Crippen molar-refractivity contribution in [2.75, 3.05) is 0 Å². The second-order valence-electron chi connectivity index (χ2n) is 5.61. The van der Waals surface area contributed by atoms with Crippen molar-refractivity contribution in [2.24, 2.45) is 7.05 Å². The molecular weight excluding hydrogens is 314 g/mol. The number of thiazole rings is 1. The molecule has 0 aliphatic carbocycles. The SMILES string of the molecule is Cc1c(C(=O)Oc2ccnn2C(C)C)ccc2sc(=O)n(C)c12. The van der Waals surface area contributed by atoms with E-state index in [0.29, 0.717) is 11.4 Å². The Hall–Kier alpha value is -2.41. The van der Waals surface area contributed by atoms with Gasteiger partial charge in [0.2, 0.25) is 5.88 Å². The van der Waals surface area contributed by atoms with Crippen LogP contribution in [0, 0.1) is 6.92 Å². The fraction of sp³-hybridized carbons (Fsp3) is 0.312. The first-order valence-corrected chi connectivity index (χ1v) is 8.06. The van der Waals surface area contributed by atoms with E-state index in [9.17, 15) is 9.59 Å². The van der Waals surface area contributed by atoms with Gasteiger partial charge in [0.1, 0.15) is 0 Å². The van der Waals surface area contributed by atoms with Gasteiger partial charge in [-0.3, -0.25) is 4.79 Å². The van der Waals surface area contributed by atoms with Crippen LogP contribution in [-0.2, 0) is 7.05 Å². The normalized spacial score (nSPS) is 11.3. The van der Waals surface area contributed by atoms with Gasteiger partial charge in [-0.2, -0.15) is 5.10 Å². The van der Waals surface area contributed by atoms with Crippen LogP contribution >= 0.6 is 11.3 Å². The molecule has 6 nitrogen and oxygen atoms in total. The van der Waals surface area contributed by atoms with Crippen molar-refractivity contribution in [3.63, 3.8) is 0 Å². The van der Waals surface area contributed by atoms with Gasteiger partial charge >= 0.3 is 10.8 Å². The van der Waals surface area contributed by atoms with E-state index >= 15 is 0 Å². The average molecular weight is 331 g/mol. The highest BCUT2D eigenvalue weighted by Crippen LogP contribution is 2.25. The average Bonchev–Trinajstić information content (AvgIpc) is 3.05. The highest BCUT2D eigenvalue weighted by atomic mass is 32.1. The maximum absolute atomic E-state index is 12.5. The van der Waals surface area contributed by atoms with Gasteiger partial charge in [0.15, 0.2) is 0 Å². The molecular formula is C16H17N3O3S. The van der Waals surface area contributed by atoms with Gasteiger partial charge in [-0.05, 0) is 38.5 Å². The van der Waals surface area contributed by atoms with Crippen molar-refractivity contribution in [1.29, 1.82) is 0 Å². The minimum Gasteiger partial charge on any atom is -0.404 e. The van der Waals surface area contributed by atoms with Gasteiger partial charge in [-0.1, -0.05) is 11.3 Å². The summed E-state index contributed by atoms with van der Waals surface area (Å²) < 4.78 is 9.55. The Morgan fingerprint density at radius 3 is 2.74 bits per heavy atom. The lowest BCUT2D eigenvalue weighted by atomic mass is 10.1. The largest absolute Gasteiger partial charge is 0.404 e. The van der Waals surface area contributed by atoms with E-state index in [-0.39, 0.29) is 10.9 Å². The maximum atomic E-state index is 12.5. The smallest absolute Gasteiger partial charge is 0.345 e. The van der Waals surface area contributed by atoms with Gasteiger partial charge in [0.05, 0.1) is 28.0 Å². The summed E-state index contributed by atoms with van der Waals surface area (Å²) in [7, 11) is 1.71. The number of hydrogen-bond acceptors (Lipinski definition) is 5. The number of carbonyl (C=O) groups excluding carboxylic acids is 1. The fourth-order valence-electron chi connectivity index (χ4n) is 2.57. The fourth-order valence-corrected chi connectivity index (χ4v) is 3.51. The summed E-state index contributed by atoms with van der Waals surface area (Å²) in [6, 6.07) is 5.23. The number of aromatic nitrogens is 3. The highest BCUT2D eigenvalue weighted by Gasteiger charge is 2.19. The Labute approximate surface area is 136 Å². The Balaban J connectivity index is 2.01. The number of ether oxygens (including phenoxy) is 1. The Morgan fingerprint density at radius 2 is 2.04 bits per heavy atom. The molecule has 0 aliphatic heterocycles. The number of benzene rings is 1. The van der Waals surface area contributed by atoms with Crippen molar-refractivity contribution in [3.8, 4) is 5.88 Å². The van der Waals surface area contributed by atoms with Crippen molar-refractivity contribution in [1.82, 2.24) is 14.3 Å². The lowest BCUT2D eigenvalue weighted by molar-refractivity contribution is 0.0715. The Bertz CT molecular complexity index is 949. The summed E-state index contributed by atoms with van der Waals surface area (Å²) in [5.74, 6) is -0.0471. The van der Waals surface area contributed by atoms with Crippen LogP contribution in [0.5, 0.6) is 5.88 Å². The van der Waals surface area contributed by atoms with E-state index in [0.717, 1.165) is 15.8 Å². The molecule has 0 fully saturated rings. The van der Waals surface area contributed by atoms with Crippen LogP contribution in [0.3, 0.4) is 0 Å². The number of esters is 1. The van der Waals surface area contributed by atoms with E-state index in [4.69, 9.17) is 4.74 Å². The number of rotatable bonds is 3. The number of aryl methyl sites for hydroxylation is 2. The zero-order valence-corrected chi connectivity index (χ0v) is 14.2. The third-order valence-electron chi connectivity index (χ3n) is 3.74. The van der Waals surface area contributed by atoms with E-state index in [1.807, 2.05) is 20.8 Å². The molecule has 3 rings (SSSR count). The molecule has 7 heteroatoms. The zero-order chi connectivity index (χ0) is 16.7. The molecule has 0 amide bonds. The summed E-state index contributed by atoms with van der Waals surface area (Å²) in [6.45, 7) is 5.75. The summed E-state index contributed by atoms with van der Waals surface area (Å²) in [5.41, 5.74) is 1.96. The lowest BCUT2D eigenvalue weighted by Gasteiger charge is -2.12. The molecule has 0 saturated heterocycles. The molecule has 0 N–H and O–H groups in total. The quantitative estimate of drug-likeness (QED) is 0.692. The third-order valence-corrected chi connectivity index (χ3v) is 4.74. The Morgan fingerprint density at radius 1 is 1.30 bits per heavy atom. The number of nitrogens with zero attached hydrogens (tertiary/aromatic N) is 3. The van der Waals surface area contributed by atoms with E-state index in [1.54, 1.807) is 40.7 Å². The molecule has 0 spiro atoms. The molecule has 1 aromatic carbocycles. The second-order valence-corrected chi connectivity index (χ2v) is 6.60. The van der Waals surface area contributed by atoms with Gasteiger partial charge in [-0.15, -0.1) is 0 Å². The first kappa shape index (κ1) is 15.5. The first-order valence-electron chi connectivity index (χ1n) is 7.25. The van der Waals surface area contributed by atoms with Crippen LogP contribution in [0.25, 0.3) is 10.2 Å². The van der Waals surface area contributed by atoms with Gasteiger partial charge in [0, 0.05) is 13.1 Å². The number of hydrogen-bond donors (Lipinski definition) is 0. The molecule has 2 heterocycles. The van der Waals surface area contributed by atoms with Crippen LogP contribution in [0.15, 0.2) is 29.2 Å². The highest BCUT2D eigenvalue weighted by molar-refractivity contribution is 7.16. The number of fused-ring (bicyclic) bond motifs is 1. The molecule has 0 bridgehead atoms. The second kappa shape index (κ2) is 5.66. The van der Waals surface area contributed by atoms with Crippen molar-refractivity contribution < 1.29 is 9.53 Å². The van der Waals surface area contributed by atoms with E-state index in [2.05, 4.69) is 5.10 Å².